The molecule has 2 aliphatic rings. The Morgan fingerprint density at radius 3 is 1.92 bits per heavy atom. The zero-order chi connectivity index (χ0) is 18.7. The summed E-state index contributed by atoms with van der Waals surface area (Å²) < 4.78 is 34.2. The van der Waals surface area contributed by atoms with Gasteiger partial charge in [0.2, 0.25) is 0 Å². The molecule has 0 amide bonds. The SMILES string of the molecule is CCC(C)Oc1c(F)cc(C2CCC(C3CCC(C)CC3)CC2)cc1F. The highest BCUT2D eigenvalue weighted by molar-refractivity contribution is 5.33. The van der Waals surface area contributed by atoms with Crippen molar-refractivity contribution in [1.29, 1.82) is 0 Å². The van der Waals surface area contributed by atoms with Crippen molar-refractivity contribution in [2.45, 2.75) is 90.6 Å². The molecule has 0 saturated heterocycles. The van der Waals surface area contributed by atoms with E-state index in [0.29, 0.717) is 0 Å². The second-order valence-electron chi connectivity index (χ2n) is 8.78. The van der Waals surface area contributed by atoms with E-state index in [4.69, 9.17) is 4.74 Å². The molecule has 1 aromatic carbocycles. The molecule has 0 bridgehead atoms. The van der Waals surface area contributed by atoms with E-state index in [1.807, 2.05) is 13.8 Å². The smallest absolute Gasteiger partial charge is 0.191 e. The number of rotatable bonds is 5. The van der Waals surface area contributed by atoms with Crippen molar-refractivity contribution >= 4 is 0 Å². The summed E-state index contributed by atoms with van der Waals surface area (Å²) in [6.07, 6.45) is 10.6. The van der Waals surface area contributed by atoms with Gasteiger partial charge in [-0.2, -0.15) is 0 Å². The summed E-state index contributed by atoms with van der Waals surface area (Å²) in [4.78, 5) is 0. The lowest BCUT2D eigenvalue weighted by Gasteiger charge is -2.37. The van der Waals surface area contributed by atoms with Crippen LogP contribution >= 0.6 is 0 Å². The Morgan fingerprint density at radius 2 is 1.42 bits per heavy atom. The van der Waals surface area contributed by atoms with E-state index in [2.05, 4.69) is 6.92 Å². The summed E-state index contributed by atoms with van der Waals surface area (Å²) in [5.74, 6) is 1.56. The Labute approximate surface area is 157 Å². The van der Waals surface area contributed by atoms with E-state index in [0.717, 1.165) is 42.6 Å². The largest absolute Gasteiger partial charge is 0.485 e. The third kappa shape index (κ3) is 4.58. The molecule has 0 radical (unpaired) electrons. The summed E-state index contributed by atoms with van der Waals surface area (Å²) in [7, 11) is 0. The van der Waals surface area contributed by atoms with Gasteiger partial charge in [-0.25, -0.2) is 8.78 Å². The van der Waals surface area contributed by atoms with Crippen molar-refractivity contribution in [3.63, 3.8) is 0 Å². The zero-order valence-electron chi connectivity index (χ0n) is 16.6. The molecule has 0 aromatic heterocycles. The quantitative estimate of drug-likeness (QED) is 0.535. The maximum Gasteiger partial charge on any atom is 0.191 e. The molecule has 1 atom stereocenters. The molecule has 3 heteroatoms. The van der Waals surface area contributed by atoms with Gasteiger partial charge in [-0.3, -0.25) is 0 Å². The summed E-state index contributed by atoms with van der Waals surface area (Å²) >= 11 is 0. The van der Waals surface area contributed by atoms with Gasteiger partial charge in [-0.05, 0) is 93.2 Å². The third-order valence-corrected chi connectivity index (χ3v) is 6.88. The minimum Gasteiger partial charge on any atom is -0.485 e. The summed E-state index contributed by atoms with van der Waals surface area (Å²) in [5, 5.41) is 0. The Morgan fingerprint density at radius 1 is 0.923 bits per heavy atom. The van der Waals surface area contributed by atoms with Gasteiger partial charge in [0, 0.05) is 0 Å². The molecular weight excluding hydrogens is 330 g/mol. The minimum atomic E-state index is -0.552. The molecule has 1 unspecified atom stereocenters. The first-order valence-electron chi connectivity index (χ1n) is 10.6. The predicted molar refractivity (Wildman–Crippen MR) is 103 cm³/mol. The predicted octanol–water partition coefficient (Wildman–Crippen LogP) is 7.24. The van der Waals surface area contributed by atoms with Crippen LogP contribution in [-0.2, 0) is 0 Å². The van der Waals surface area contributed by atoms with Crippen LogP contribution in [-0.4, -0.2) is 6.10 Å². The standard InChI is InChI=1S/C23H34F2O/c1-4-16(3)26-23-21(24)13-20(14-22(23)25)19-11-9-18(10-12-19)17-7-5-15(2)6-8-17/h13-19H,4-12H2,1-3H3. The molecule has 1 nitrogen and oxygen atoms in total. The first-order chi connectivity index (χ1) is 12.5. The Bertz CT molecular complexity index is 561. The van der Waals surface area contributed by atoms with Gasteiger partial charge in [0.05, 0.1) is 6.10 Å². The van der Waals surface area contributed by atoms with Crippen molar-refractivity contribution in [3.8, 4) is 5.75 Å². The number of hydrogen-bond acceptors (Lipinski definition) is 1. The summed E-state index contributed by atoms with van der Waals surface area (Å²) in [6, 6.07) is 3.02. The van der Waals surface area contributed by atoms with Crippen LogP contribution in [0.5, 0.6) is 5.75 Å². The maximum absolute atomic E-state index is 14.4. The number of benzene rings is 1. The molecular formula is C23H34F2O. The van der Waals surface area contributed by atoms with E-state index in [1.54, 1.807) is 0 Å². The molecule has 2 aliphatic carbocycles. The first kappa shape index (κ1) is 19.6. The highest BCUT2D eigenvalue weighted by Crippen LogP contribution is 2.44. The van der Waals surface area contributed by atoms with Crippen LogP contribution in [0.3, 0.4) is 0 Å². The molecule has 1 aromatic rings. The van der Waals surface area contributed by atoms with Gasteiger partial charge in [-0.15, -0.1) is 0 Å². The highest BCUT2D eigenvalue weighted by Gasteiger charge is 2.31. The van der Waals surface area contributed by atoms with Gasteiger partial charge >= 0.3 is 0 Å². The fourth-order valence-corrected chi connectivity index (χ4v) is 4.89. The molecule has 26 heavy (non-hydrogen) atoms. The van der Waals surface area contributed by atoms with Crippen LogP contribution in [0.15, 0.2) is 12.1 Å². The van der Waals surface area contributed by atoms with Gasteiger partial charge in [0.25, 0.3) is 0 Å². The van der Waals surface area contributed by atoms with Crippen LogP contribution in [0.2, 0.25) is 0 Å². The topological polar surface area (TPSA) is 9.23 Å². The van der Waals surface area contributed by atoms with Crippen molar-refractivity contribution in [1.82, 2.24) is 0 Å². The van der Waals surface area contributed by atoms with E-state index >= 15 is 0 Å². The van der Waals surface area contributed by atoms with Crippen LogP contribution in [0, 0.1) is 29.4 Å². The first-order valence-corrected chi connectivity index (χ1v) is 10.6. The van der Waals surface area contributed by atoms with Crippen molar-refractivity contribution in [2.24, 2.45) is 17.8 Å². The number of ether oxygens (including phenoxy) is 1. The van der Waals surface area contributed by atoms with Gasteiger partial charge in [0.15, 0.2) is 17.4 Å². The van der Waals surface area contributed by atoms with Gasteiger partial charge in [0.1, 0.15) is 0 Å². The average molecular weight is 365 g/mol. The Balaban J connectivity index is 1.60. The van der Waals surface area contributed by atoms with Crippen molar-refractivity contribution in [3.05, 3.63) is 29.3 Å². The molecule has 146 valence electrons. The number of halogens is 2. The van der Waals surface area contributed by atoms with Crippen molar-refractivity contribution in [2.75, 3.05) is 0 Å². The summed E-state index contributed by atoms with van der Waals surface area (Å²) in [6.45, 7) is 6.14. The van der Waals surface area contributed by atoms with E-state index in [-0.39, 0.29) is 17.8 Å². The van der Waals surface area contributed by atoms with Crippen LogP contribution in [0.25, 0.3) is 0 Å². The molecule has 0 heterocycles. The van der Waals surface area contributed by atoms with Crippen LogP contribution < -0.4 is 4.74 Å². The molecule has 3 rings (SSSR count). The molecule has 0 N–H and O–H groups in total. The van der Waals surface area contributed by atoms with E-state index in [9.17, 15) is 8.78 Å². The van der Waals surface area contributed by atoms with E-state index < -0.39 is 11.6 Å². The van der Waals surface area contributed by atoms with Crippen molar-refractivity contribution < 1.29 is 13.5 Å². The normalized spacial score (nSPS) is 30.8. The molecule has 2 fully saturated rings. The van der Waals surface area contributed by atoms with Gasteiger partial charge < -0.3 is 4.74 Å². The number of hydrogen-bond donors (Lipinski definition) is 0. The lowest BCUT2D eigenvalue weighted by atomic mass is 9.68. The second kappa shape index (κ2) is 8.71. The second-order valence-corrected chi connectivity index (χ2v) is 8.78. The van der Waals surface area contributed by atoms with Gasteiger partial charge in [-0.1, -0.05) is 26.7 Å². The molecule has 0 aliphatic heterocycles. The lowest BCUT2D eigenvalue weighted by molar-refractivity contribution is 0.165. The van der Waals surface area contributed by atoms with Crippen LogP contribution in [0.1, 0.15) is 90.0 Å². The minimum absolute atomic E-state index is 0.182. The Kier molecular flexibility index (Phi) is 6.58. The summed E-state index contributed by atoms with van der Waals surface area (Å²) in [5.41, 5.74) is 0.812. The molecule has 0 spiro atoms. The fraction of sp³-hybridized carbons (Fsp3) is 0.739. The monoisotopic (exact) mass is 364 g/mol. The highest BCUT2D eigenvalue weighted by atomic mass is 19.1. The molecule has 2 saturated carbocycles. The zero-order valence-corrected chi connectivity index (χ0v) is 16.6. The maximum atomic E-state index is 14.4. The lowest BCUT2D eigenvalue weighted by Crippen LogP contribution is -2.24. The van der Waals surface area contributed by atoms with Crippen LogP contribution in [0.4, 0.5) is 8.78 Å². The fourth-order valence-electron chi connectivity index (χ4n) is 4.89. The third-order valence-electron chi connectivity index (χ3n) is 6.88. The van der Waals surface area contributed by atoms with E-state index in [1.165, 1.54) is 50.7 Å². The average Bonchev–Trinajstić information content (AvgIpc) is 2.65. The Hall–Kier alpha value is -1.12.